The summed E-state index contributed by atoms with van der Waals surface area (Å²) in [7, 11) is -2.28. The second kappa shape index (κ2) is 16.9. The van der Waals surface area contributed by atoms with Crippen molar-refractivity contribution in [1.29, 1.82) is 0 Å². The predicted octanol–water partition coefficient (Wildman–Crippen LogP) is 5.59. The summed E-state index contributed by atoms with van der Waals surface area (Å²) < 4.78 is 53.8. The summed E-state index contributed by atoms with van der Waals surface area (Å²) in [5.74, 6) is -0.879. The lowest BCUT2D eigenvalue weighted by Crippen LogP contribution is -2.48. The lowest BCUT2D eigenvalue weighted by molar-refractivity contribution is -0.00833. The summed E-state index contributed by atoms with van der Waals surface area (Å²) in [6, 6.07) is 17.1. The number of fused-ring (bicyclic) bond motifs is 1. The van der Waals surface area contributed by atoms with E-state index in [0.717, 1.165) is 12.8 Å². The van der Waals surface area contributed by atoms with Gasteiger partial charge in [-0.15, -0.1) is 0 Å². The predicted molar refractivity (Wildman–Crippen MR) is 182 cm³/mol. The highest BCUT2D eigenvalue weighted by molar-refractivity contribution is 7.89. The summed E-state index contributed by atoms with van der Waals surface area (Å²) in [6.45, 7) is 5.79. The number of urea groups is 1. The van der Waals surface area contributed by atoms with Crippen molar-refractivity contribution in [3.05, 3.63) is 84.2 Å². The number of nitrogens with one attached hydrogen (secondary N) is 2. The van der Waals surface area contributed by atoms with Crippen molar-refractivity contribution < 1.29 is 37.0 Å². The third-order valence-corrected chi connectivity index (χ3v) is 10.1. The minimum Gasteiger partial charge on any atom is -0.490 e. The van der Waals surface area contributed by atoms with Gasteiger partial charge in [-0.25, -0.2) is 17.6 Å². The summed E-state index contributed by atoms with van der Waals surface area (Å²) in [5.41, 5.74) is 0.890. The van der Waals surface area contributed by atoms with Gasteiger partial charge in [-0.3, -0.25) is 4.79 Å². The van der Waals surface area contributed by atoms with Crippen LogP contribution in [0, 0.1) is 11.7 Å². The lowest BCUT2D eigenvalue weighted by atomic mass is 10.0. The Labute approximate surface area is 282 Å². The molecule has 4 atom stereocenters. The molecule has 1 heterocycles. The maximum Gasteiger partial charge on any atom is 0.323 e. The molecule has 48 heavy (non-hydrogen) atoms. The van der Waals surface area contributed by atoms with Gasteiger partial charge in [0.1, 0.15) is 11.6 Å². The molecule has 0 saturated carbocycles. The molecule has 3 N–H and O–H groups in total. The van der Waals surface area contributed by atoms with Crippen LogP contribution >= 0.6 is 0 Å². The van der Waals surface area contributed by atoms with Gasteiger partial charge >= 0.3 is 6.03 Å². The first kappa shape index (κ1) is 36.8. The third kappa shape index (κ3) is 9.75. The Hall–Kier alpha value is -4.04. The quantitative estimate of drug-likeness (QED) is 0.282. The summed E-state index contributed by atoms with van der Waals surface area (Å²) in [4.78, 5) is 28.8. The molecule has 13 heteroatoms. The number of nitrogens with zero attached hydrogens (tertiary/aromatic N) is 2. The Morgan fingerprint density at radius 1 is 1.04 bits per heavy atom. The molecule has 1 aliphatic heterocycles. The SMILES string of the molecule is C[C@@H]1CN([C@H](C)CO)C(=O)c2cc(NC(=O)Nc3ccc(F)cc3)ccc2O[C@@H](C)CCCCO[C@@H]1CN(C)S(=O)(=O)c1ccccc1. The van der Waals surface area contributed by atoms with Gasteiger partial charge in [-0.05, 0) is 87.7 Å². The number of aliphatic hydroxyl groups is 1. The highest BCUT2D eigenvalue weighted by Crippen LogP contribution is 2.29. The number of anilines is 2. The Balaban J connectivity index is 1.62. The molecule has 0 spiro atoms. The van der Waals surface area contributed by atoms with Crippen molar-refractivity contribution in [3.8, 4) is 5.75 Å². The molecular formula is C35H45FN4O7S. The van der Waals surface area contributed by atoms with Crippen LogP contribution in [0.3, 0.4) is 0 Å². The number of carbonyl (C=O) groups is 2. The van der Waals surface area contributed by atoms with Crippen LogP contribution in [0.25, 0.3) is 0 Å². The van der Waals surface area contributed by atoms with Crippen LogP contribution in [-0.2, 0) is 14.8 Å². The number of carbonyl (C=O) groups excluding carboxylic acids is 2. The zero-order valence-electron chi connectivity index (χ0n) is 27.8. The molecule has 4 rings (SSSR count). The second-order valence-electron chi connectivity index (χ2n) is 12.2. The van der Waals surface area contributed by atoms with Gasteiger partial charge in [0.05, 0.1) is 35.3 Å². The van der Waals surface area contributed by atoms with Gasteiger partial charge in [0.15, 0.2) is 0 Å². The first-order chi connectivity index (χ1) is 22.9. The van der Waals surface area contributed by atoms with E-state index in [1.54, 1.807) is 49.4 Å². The fourth-order valence-electron chi connectivity index (χ4n) is 5.41. The zero-order chi connectivity index (χ0) is 34.8. The maximum absolute atomic E-state index is 14.3. The number of likely N-dealkylation sites (N-methyl/N-ethyl adjacent to an activating group) is 1. The smallest absolute Gasteiger partial charge is 0.323 e. The summed E-state index contributed by atoms with van der Waals surface area (Å²) in [5, 5.41) is 15.5. The monoisotopic (exact) mass is 684 g/mol. The molecule has 0 bridgehead atoms. The van der Waals surface area contributed by atoms with E-state index in [9.17, 15) is 27.5 Å². The summed E-state index contributed by atoms with van der Waals surface area (Å²) >= 11 is 0. The molecule has 0 aliphatic carbocycles. The van der Waals surface area contributed by atoms with Crippen LogP contribution < -0.4 is 15.4 Å². The first-order valence-electron chi connectivity index (χ1n) is 16.1. The Morgan fingerprint density at radius 3 is 2.40 bits per heavy atom. The normalized spacial score (nSPS) is 20.3. The molecule has 0 aromatic heterocycles. The Kier molecular flexibility index (Phi) is 12.9. The topological polar surface area (TPSA) is 138 Å². The molecule has 0 radical (unpaired) electrons. The first-order valence-corrected chi connectivity index (χ1v) is 17.5. The molecular weight excluding hydrogens is 639 g/mol. The molecule has 3 amide bonds. The van der Waals surface area contributed by atoms with Crippen molar-refractivity contribution in [1.82, 2.24) is 9.21 Å². The van der Waals surface area contributed by atoms with Crippen molar-refractivity contribution in [2.45, 2.75) is 63.2 Å². The molecule has 260 valence electrons. The van der Waals surface area contributed by atoms with Gasteiger partial charge in [-0.2, -0.15) is 4.31 Å². The number of hydrogen-bond donors (Lipinski definition) is 3. The highest BCUT2D eigenvalue weighted by atomic mass is 32.2. The van der Waals surface area contributed by atoms with Crippen LogP contribution in [0.4, 0.5) is 20.6 Å². The van der Waals surface area contributed by atoms with E-state index in [-0.39, 0.29) is 42.2 Å². The number of halogens is 1. The number of ether oxygens (including phenoxy) is 2. The molecule has 3 aromatic carbocycles. The number of sulfonamides is 1. The van der Waals surface area contributed by atoms with E-state index in [1.165, 1.54) is 46.6 Å². The van der Waals surface area contributed by atoms with Crippen LogP contribution in [0.1, 0.15) is 50.4 Å². The summed E-state index contributed by atoms with van der Waals surface area (Å²) in [6.07, 6.45) is 1.37. The lowest BCUT2D eigenvalue weighted by Gasteiger charge is -2.35. The molecule has 0 fully saturated rings. The largest absolute Gasteiger partial charge is 0.490 e. The average Bonchev–Trinajstić information content (AvgIpc) is 3.07. The molecule has 1 aliphatic rings. The van der Waals surface area contributed by atoms with Gasteiger partial charge in [0.2, 0.25) is 10.0 Å². The van der Waals surface area contributed by atoms with Crippen LogP contribution in [0.2, 0.25) is 0 Å². The molecule has 0 unspecified atom stereocenters. The maximum atomic E-state index is 14.3. The van der Waals surface area contributed by atoms with Crippen LogP contribution in [-0.4, -0.2) is 86.3 Å². The van der Waals surface area contributed by atoms with Crippen molar-refractivity contribution in [2.75, 3.05) is 44.0 Å². The third-order valence-electron chi connectivity index (χ3n) is 8.30. The van der Waals surface area contributed by atoms with Crippen LogP contribution in [0.15, 0.2) is 77.7 Å². The van der Waals surface area contributed by atoms with Crippen molar-refractivity contribution in [3.63, 3.8) is 0 Å². The fourth-order valence-corrected chi connectivity index (χ4v) is 6.62. The van der Waals surface area contributed by atoms with Gasteiger partial charge in [-0.1, -0.05) is 25.1 Å². The zero-order valence-corrected chi connectivity index (χ0v) is 28.6. The van der Waals surface area contributed by atoms with Crippen LogP contribution in [0.5, 0.6) is 5.75 Å². The van der Waals surface area contributed by atoms with Crippen molar-refractivity contribution in [2.24, 2.45) is 5.92 Å². The Morgan fingerprint density at radius 2 is 1.71 bits per heavy atom. The van der Waals surface area contributed by atoms with Gasteiger partial charge < -0.3 is 30.1 Å². The highest BCUT2D eigenvalue weighted by Gasteiger charge is 2.32. The van der Waals surface area contributed by atoms with E-state index >= 15 is 0 Å². The number of rotatable bonds is 8. The second-order valence-corrected chi connectivity index (χ2v) is 14.2. The standard InChI is InChI=1S/C35H45FN4O7S/c1-24-21-40(25(2)23-41)34(42)31-20-29(38-35(43)37-28-15-13-27(36)14-16-28)17-18-32(31)47-26(3)10-8-9-19-46-33(24)22-39(4)48(44,45)30-11-6-5-7-12-30/h5-7,11-18,20,24-26,33,41H,8-10,19,21-23H2,1-4H3,(H2,37,38,43)/t24-,25-,26+,33-/m1/s1. The van der Waals surface area contributed by atoms with E-state index in [4.69, 9.17) is 9.47 Å². The number of benzene rings is 3. The Bertz CT molecular complexity index is 1630. The minimum absolute atomic E-state index is 0.0568. The number of amides is 3. The number of aliphatic hydroxyl groups excluding tert-OH is 1. The van der Waals surface area contributed by atoms with E-state index < -0.39 is 39.9 Å². The average molecular weight is 685 g/mol. The molecule has 3 aromatic rings. The van der Waals surface area contributed by atoms with E-state index in [2.05, 4.69) is 10.6 Å². The fraction of sp³-hybridized carbons (Fsp3) is 0.429. The molecule has 11 nitrogen and oxygen atoms in total. The van der Waals surface area contributed by atoms with Gasteiger partial charge in [0, 0.05) is 44.0 Å². The van der Waals surface area contributed by atoms with Crippen molar-refractivity contribution >= 4 is 33.3 Å². The minimum atomic E-state index is -3.79. The van der Waals surface area contributed by atoms with E-state index in [1.807, 2.05) is 13.8 Å². The number of hydrogen-bond acceptors (Lipinski definition) is 7. The molecule has 0 saturated heterocycles. The van der Waals surface area contributed by atoms with Gasteiger partial charge in [0.25, 0.3) is 5.91 Å². The van der Waals surface area contributed by atoms with E-state index in [0.29, 0.717) is 30.2 Å².